The van der Waals surface area contributed by atoms with E-state index in [1.54, 1.807) is 19.1 Å². The van der Waals surface area contributed by atoms with Crippen LogP contribution in [0.1, 0.15) is 64.2 Å². The van der Waals surface area contributed by atoms with E-state index in [1.165, 1.54) is 11.1 Å². The van der Waals surface area contributed by atoms with E-state index in [1.807, 2.05) is 77.1 Å². The van der Waals surface area contributed by atoms with Crippen LogP contribution >= 0.6 is 0 Å². The zero-order chi connectivity index (χ0) is 27.9. The number of hydrazone groups is 1. The van der Waals surface area contributed by atoms with Gasteiger partial charge in [-0.25, -0.2) is 9.80 Å². The van der Waals surface area contributed by atoms with E-state index in [0.717, 1.165) is 16.7 Å². The predicted octanol–water partition coefficient (Wildman–Crippen LogP) is 5.36. The van der Waals surface area contributed by atoms with Crippen molar-refractivity contribution in [1.29, 1.82) is 0 Å². The molecule has 0 fully saturated rings. The molecular weight excluding hydrogens is 482 g/mol. The van der Waals surface area contributed by atoms with Crippen molar-refractivity contribution in [3.05, 3.63) is 71.3 Å². The molecule has 2 amide bonds. The first-order valence-electron chi connectivity index (χ1n) is 12.8. The summed E-state index contributed by atoms with van der Waals surface area (Å²) < 4.78 is 10.4. The number of benzene rings is 2. The minimum atomic E-state index is -0.412. The molecule has 1 N–H and O–H groups in total. The summed E-state index contributed by atoms with van der Waals surface area (Å²) in [7, 11) is 0. The van der Waals surface area contributed by atoms with E-state index in [2.05, 4.69) is 10.4 Å². The minimum Gasteiger partial charge on any atom is -0.469 e. The van der Waals surface area contributed by atoms with Gasteiger partial charge in [-0.1, -0.05) is 71.0 Å². The second-order valence-electron chi connectivity index (χ2n) is 10.6. The fourth-order valence-electron chi connectivity index (χ4n) is 4.03. The van der Waals surface area contributed by atoms with Crippen LogP contribution in [0, 0.1) is 11.3 Å². The quantitative estimate of drug-likeness (QED) is 0.355. The van der Waals surface area contributed by atoms with Gasteiger partial charge in [0.15, 0.2) is 6.61 Å². The molecule has 0 saturated heterocycles. The smallest absolute Gasteiger partial charge is 0.330 e. The topological polar surface area (TPSA) is 97.3 Å². The Morgan fingerprint density at radius 2 is 1.87 bits per heavy atom. The number of nitrogens with one attached hydrogen (secondary N) is 1. The van der Waals surface area contributed by atoms with Gasteiger partial charge in [0, 0.05) is 17.2 Å². The van der Waals surface area contributed by atoms with Crippen LogP contribution in [-0.4, -0.2) is 41.9 Å². The van der Waals surface area contributed by atoms with Gasteiger partial charge in [0.05, 0.1) is 19.1 Å². The van der Waals surface area contributed by atoms with Gasteiger partial charge in [0.1, 0.15) is 0 Å². The van der Waals surface area contributed by atoms with E-state index < -0.39 is 5.97 Å². The van der Waals surface area contributed by atoms with E-state index in [-0.39, 0.29) is 35.7 Å². The molecule has 2 aromatic rings. The molecule has 38 heavy (non-hydrogen) atoms. The fraction of sp³-hybridized carbons (Fsp3) is 0.400. The van der Waals surface area contributed by atoms with Crippen LogP contribution < -0.4 is 5.32 Å². The van der Waals surface area contributed by atoms with Gasteiger partial charge in [-0.05, 0) is 47.7 Å². The Hall–Kier alpha value is -3.94. The zero-order valence-corrected chi connectivity index (χ0v) is 23.0. The first-order valence-corrected chi connectivity index (χ1v) is 12.8. The number of hydrogen-bond acceptors (Lipinski definition) is 6. The molecular formula is C30H37N3O5. The van der Waals surface area contributed by atoms with Gasteiger partial charge in [-0.2, -0.15) is 0 Å². The molecule has 202 valence electrons. The molecule has 8 heteroatoms. The molecule has 0 bridgehead atoms. The zero-order valence-electron chi connectivity index (χ0n) is 23.0. The van der Waals surface area contributed by atoms with Crippen LogP contribution in [0.15, 0.2) is 59.7 Å². The maximum absolute atomic E-state index is 13.3. The van der Waals surface area contributed by atoms with Crippen molar-refractivity contribution in [2.24, 2.45) is 16.4 Å². The number of carbonyl (C=O) groups is 3. The van der Waals surface area contributed by atoms with Crippen molar-refractivity contribution < 1.29 is 23.9 Å². The maximum Gasteiger partial charge on any atom is 0.330 e. The highest BCUT2D eigenvalue weighted by Gasteiger charge is 2.30. The van der Waals surface area contributed by atoms with Crippen molar-refractivity contribution in [2.75, 3.05) is 18.5 Å². The van der Waals surface area contributed by atoms with Crippen LogP contribution in [0.25, 0.3) is 6.08 Å². The summed E-state index contributed by atoms with van der Waals surface area (Å²) >= 11 is 0. The number of amides is 2. The average molecular weight is 520 g/mol. The Bertz CT molecular complexity index is 1210. The molecule has 8 nitrogen and oxygen atoms in total. The van der Waals surface area contributed by atoms with Gasteiger partial charge < -0.3 is 14.8 Å². The van der Waals surface area contributed by atoms with E-state index in [9.17, 15) is 14.4 Å². The summed E-state index contributed by atoms with van der Waals surface area (Å²) in [5.74, 6) is -0.524. The SMILES string of the molecule is CCOC(=O)C=Cc1cccc(NC(=O)C(c2ccc(CN3N=C(C(C)(C)C)OCC3=O)cc2)C(C)C)c1. The van der Waals surface area contributed by atoms with Crippen molar-refractivity contribution in [3.8, 4) is 0 Å². The number of nitrogens with zero attached hydrogens (tertiary/aromatic N) is 2. The lowest BCUT2D eigenvalue weighted by atomic mass is 9.87. The average Bonchev–Trinajstić information content (AvgIpc) is 2.85. The van der Waals surface area contributed by atoms with Gasteiger partial charge in [0.25, 0.3) is 5.91 Å². The summed E-state index contributed by atoms with van der Waals surface area (Å²) in [5, 5.41) is 8.86. The number of anilines is 1. The Morgan fingerprint density at radius 3 is 2.50 bits per heavy atom. The standard InChI is InChI=1S/C30H37N3O5/c1-7-37-26(35)16-13-21-9-8-10-24(17-21)31-28(36)27(20(2)3)23-14-11-22(12-15-23)18-33-25(34)19-38-29(32-33)30(4,5)6/h8-17,20,27H,7,18-19H2,1-6H3,(H,31,36). The van der Waals surface area contributed by atoms with Gasteiger partial charge in [-0.15, -0.1) is 5.10 Å². The summed E-state index contributed by atoms with van der Waals surface area (Å²) in [6, 6.07) is 15.0. The fourth-order valence-corrected chi connectivity index (χ4v) is 4.03. The second-order valence-corrected chi connectivity index (χ2v) is 10.6. The highest BCUT2D eigenvalue weighted by Crippen LogP contribution is 2.28. The first kappa shape index (κ1) is 28.6. The van der Waals surface area contributed by atoms with Gasteiger partial charge >= 0.3 is 5.97 Å². The second kappa shape index (κ2) is 12.5. The molecule has 0 aliphatic carbocycles. The van der Waals surface area contributed by atoms with Crippen LogP contribution in [-0.2, 0) is 30.4 Å². The lowest BCUT2D eigenvalue weighted by molar-refractivity contribution is -0.137. The molecule has 1 aliphatic heterocycles. The summed E-state index contributed by atoms with van der Waals surface area (Å²) in [6.45, 7) is 12.3. The lowest BCUT2D eigenvalue weighted by Crippen LogP contribution is -2.40. The number of ether oxygens (including phenoxy) is 2. The van der Waals surface area contributed by atoms with E-state index in [0.29, 0.717) is 24.7 Å². The monoisotopic (exact) mass is 519 g/mol. The minimum absolute atomic E-state index is 0.0242. The highest BCUT2D eigenvalue weighted by molar-refractivity contribution is 5.96. The van der Waals surface area contributed by atoms with Crippen LogP contribution in [0.5, 0.6) is 0 Å². The van der Waals surface area contributed by atoms with Gasteiger partial charge in [-0.3, -0.25) is 9.59 Å². The molecule has 0 spiro atoms. The molecule has 0 radical (unpaired) electrons. The Morgan fingerprint density at radius 1 is 1.16 bits per heavy atom. The number of esters is 1. The normalized spacial score (nSPS) is 14.8. The molecule has 1 aliphatic rings. The molecule has 1 heterocycles. The Kier molecular flexibility index (Phi) is 9.45. The molecule has 0 saturated carbocycles. The largest absolute Gasteiger partial charge is 0.469 e. The number of carbonyl (C=O) groups excluding carboxylic acids is 3. The first-order chi connectivity index (χ1) is 18.0. The Labute approximate surface area is 224 Å². The number of rotatable bonds is 9. The highest BCUT2D eigenvalue weighted by atomic mass is 16.5. The summed E-state index contributed by atoms with van der Waals surface area (Å²) in [4.78, 5) is 37.2. The van der Waals surface area contributed by atoms with Gasteiger partial charge in [0.2, 0.25) is 11.8 Å². The van der Waals surface area contributed by atoms with Crippen LogP contribution in [0.3, 0.4) is 0 Å². The van der Waals surface area contributed by atoms with Crippen LogP contribution in [0.2, 0.25) is 0 Å². The van der Waals surface area contributed by atoms with Crippen molar-refractivity contribution in [1.82, 2.24) is 5.01 Å². The van der Waals surface area contributed by atoms with E-state index in [4.69, 9.17) is 9.47 Å². The summed E-state index contributed by atoms with van der Waals surface area (Å²) in [6.07, 6.45) is 3.02. The third-order valence-electron chi connectivity index (χ3n) is 5.95. The predicted molar refractivity (Wildman–Crippen MR) is 148 cm³/mol. The lowest BCUT2D eigenvalue weighted by Gasteiger charge is -2.29. The molecule has 3 rings (SSSR count). The molecule has 1 atom stereocenters. The van der Waals surface area contributed by atoms with Crippen LogP contribution in [0.4, 0.5) is 5.69 Å². The molecule has 1 unspecified atom stereocenters. The van der Waals surface area contributed by atoms with E-state index >= 15 is 0 Å². The Balaban J connectivity index is 1.72. The molecule has 2 aromatic carbocycles. The van der Waals surface area contributed by atoms with Crippen molar-refractivity contribution in [2.45, 2.75) is 54.0 Å². The molecule has 0 aromatic heterocycles. The number of hydrogen-bond donors (Lipinski definition) is 1. The van der Waals surface area contributed by atoms with Crippen molar-refractivity contribution in [3.63, 3.8) is 0 Å². The third kappa shape index (κ3) is 7.78. The van der Waals surface area contributed by atoms with Crippen molar-refractivity contribution >= 4 is 35.4 Å². The summed E-state index contributed by atoms with van der Waals surface area (Å²) in [5.41, 5.74) is 2.91. The third-order valence-corrected chi connectivity index (χ3v) is 5.95. The maximum atomic E-state index is 13.3.